The Hall–Kier alpha value is -2.46. The molecule has 1 N–H and O–H groups in total. The zero-order chi connectivity index (χ0) is 21.2. The van der Waals surface area contributed by atoms with Gasteiger partial charge in [0.1, 0.15) is 12.6 Å². The van der Waals surface area contributed by atoms with Gasteiger partial charge in [-0.3, -0.25) is 14.5 Å². The maximum atomic E-state index is 12.7. The van der Waals surface area contributed by atoms with Gasteiger partial charge in [0.2, 0.25) is 15.9 Å². The van der Waals surface area contributed by atoms with Crippen LogP contribution in [0.1, 0.15) is 20.3 Å². The van der Waals surface area contributed by atoms with Gasteiger partial charge < -0.3 is 10.2 Å². The fourth-order valence-electron chi connectivity index (χ4n) is 3.51. The van der Waals surface area contributed by atoms with E-state index in [9.17, 15) is 22.8 Å². The van der Waals surface area contributed by atoms with E-state index in [1.165, 1.54) is 21.3 Å². The first-order chi connectivity index (χ1) is 13.7. The molecule has 158 valence electrons. The van der Waals surface area contributed by atoms with Crippen molar-refractivity contribution in [3.63, 3.8) is 0 Å². The van der Waals surface area contributed by atoms with Crippen LogP contribution in [0.15, 0.2) is 35.2 Å². The molecule has 1 aromatic carbocycles. The summed E-state index contributed by atoms with van der Waals surface area (Å²) in [6.07, 6.45) is 0.519. The van der Waals surface area contributed by atoms with Crippen LogP contribution in [-0.2, 0) is 19.6 Å². The van der Waals surface area contributed by atoms with E-state index in [2.05, 4.69) is 5.32 Å². The van der Waals surface area contributed by atoms with Gasteiger partial charge in [0, 0.05) is 26.2 Å². The third-order valence-corrected chi connectivity index (χ3v) is 6.99. The molecule has 4 amide bonds. The number of sulfonamides is 1. The Kier molecular flexibility index (Phi) is 6.23. The number of imide groups is 1. The van der Waals surface area contributed by atoms with Gasteiger partial charge in [-0.2, -0.15) is 4.31 Å². The second kappa shape index (κ2) is 8.50. The summed E-state index contributed by atoms with van der Waals surface area (Å²) >= 11 is 0. The van der Waals surface area contributed by atoms with Gasteiger partial charge in [-0.05, 0) is 24.5 Å². The number of benzene rings is 1. The zero-order valence-corrected chi connectivity index (χ0v) is 17.4. The van der Waals surface area contributed by atoms with Crippen molar-refractivity contribution in [3.05, 3.63) is 30.3 Å². The number of carbonyl (C=O) groups excluding carboxylic acids is 3. The van der Waals surface area contributed by atoms with E-state index in [0.717, 1.165) is 4.90 Å². The molecule has 2 aliphatic rings. The zero-order valence-electron chi connectivity index (χ0n) is 16.6. The molecule has 0 saturated carbocycles. The first-order valence-corrected chi connectivity index (χ1v) is 11.1. The summed E-state index contributed by atoms with van der Waals surface area (Å²) < 4.78 is 26.7. The van der Waals surface area contributed by atoms with Crippen molar-refractivity contribution >= 4 is 27.9 Å². The predicted molar refractivity (Wildman–Crippen MR) is 105 cm³/mol. The molecule has 29 heavy (non-hydrogen) atoms. The molecule has 0 radical (unpaired) electrons. The van der Waals surface area contributed by atoms with Gasteiger partial charge in [0.25, 0.3) is 5.91 Å². The second-order valence-electron chi connectivity index (χ2n) is 7.65. The number of nitrogens with one attached hydrogen (secondary N) is 1. The minimum atomic E-state index is -3.60. The monoisotopic (exact) mass is 422 g/mol. The van der Waals surface area contributed by atoms with E-state index in [1.54, 1.807) is 18.2 Å². The van der Waals surface area contributed by atoms with Crippen molar-refractivity contribution in [2.24, 2.45) is 5.92 Å². The fourth-order valence-corrected chi connectivity index (χ4v) is 4.96. The molecule has 1 aromatic rings. The normalized spacial score (nSPS) is 21.0. The average molecular weight is 423 g/mol. The standard InChI is InChI=1S/C19H26N4O5S/c1-14(2)12-16-18(25)23(19(26)20-16)13-17(24)21-8-10-22(11-9-21)29(27,28)15-6-4-3-5-7-15/h3-7,14,16H,8-13H2,1-2H3,(H,20,26)/t16-/m1/s1. The largest absolute Gasteiger partial charge is 0.338 e. The predicted octanol–water partition coefficient (Wildman–Crippen LogP) is 0.486. The SMILES string of the molecule is CC(C)C[C@H]1NC(=O)N(CC(=O)N2CCN(S(=O)(=O)c3ccccc3)CC2)C1=O. The number of hydrogen-bond donors (Lipinski definition) is 1. The molecule has 0 aromatic heterocycles. The Morgan fingerprint density at radius 3 is 2.31 bits per heavy atom. The number of nitrogens with zero attached hydrogens (tertiary/aromatic N) is 3. The summed E-state index contributed by atoms with van der Waals surface area (Å²) in [7, 11) is -3.60. The van der Waals surface area contributed by atoms with Crippen molar-refractivity contribution in [3.8, 4) is 0 Å². The van der Waals surface area contributed by atoms with E-state index >= 15 is 0 Å². The Labute approximate surface area is 170 Å². The Bertz CT molecular complexity index is 879. The minimum Gasteiger partial charge on any atom is -0.338 e. The highest BCUT2D eigenvalue weighted by molar-refractivity contribution is 7.89. The van der Waals surface area contributed by atoms with Gasteiger partial charge in [-0.15, -0.1) is 0 Å². The van der Waals surface area contributed by atoms with Gasteiger partial charge in [0.05, 0.1) is 4.90 Å². The van der Waals surface area contributed by atoms with Crippen LogP contribution in [0.25, 0.3) is 0 Å². The quantitative estimate of drug-likeness (QED) is 0.672. The molecule has 2 fully saturated rings. The summed E-state index contributed by atoms with van der Waals surface area (Å²) in [5.74, 6) is -0.516. The van der Waals surface area contributed by atoms with E-state index < -0.39 is 22.1 Å². The highest BCUT2D eigenvalue weighted by Crippen LogP contribution is 2.18. The van der Waals surface area contributed by atoms with Crippen molar-refractivity contribution in [2.75, 3.05) is 32.7 Å². The topological polar surface area (TPSA) is 107 Å². The first kappa shape index (κ1) is 21.3. The molecular formula is C19H26N4O5S. The second-order valence-corrected chi connectivity index (χ2v) is 9.59. The van der Waals surface area contributed by atoms with Crippen molar-refractivity contribution in [1.29, 1.82) is 0 Å². The maximum Gasteiger partial charge on any atom is 0.325 e. The Balaban J connectivity index is 1.57. The number of hydrogen-bond acceptors (Lipinski definition) is 5. The van der Waals surface area contributed by atoms with Crippen LogP contribution in [0.4, 0.5) is 4.79 Å². The third kappa shape index (κ3) is 4.59. The van der Waals surface area contributed by atoms with Crippen LogP contribution < -0.4 is 5.32 Å². The highest BCUT2D eigenvalue weighted by Gasteiger charge is 2.40. The molecule has 2 saturated heterocycles. The molecule has 2 aliphatic heterocycles. The van der Waals surface area contributed by atoms with Crippen molar-refractivity contribution < 1.29 is 22.8 Å². The average Bonchev–Trinajstić information content (AvgIpc) is 2.95. The maximum absolute atomic E-state index is 12.7. The van der Waals surface area contributed by atoms with E-state index in [-0.39, 0.29) is 55.4 Å². The molecule has 9 nitrogen and oxygen atoms in total. The highest BCUT2D eigenvalue weighted by atomic mass is 32.2. The van der Waals surface area contributed by atoms with Gasteiger partial charge >= 0.3 is 6.03 Å². The molecule has 1 atom stereocenters. The summed E-state index contributed by atoms with van der Waals surface area (Å²) in [6, 6.07) is 7.00. The van der Waals surface area contributed by atoms with Crippen LogP contribution in [0.5, 0.6) is 0 Å². The van der Waals surface area contributed by atoms with Crippen LogP contribution in [0, 0.1) is 5.92 Å². The number of piperazine rings is 1. The lowest BCUT2D eigenvalue weighted by Crippen LogP contribution is -2.53. The molecule has 0 unspecified atom stereocenters. The van der Waals surface area contributed by atoms with E-state index in [4.69, 9.17) is 0 Å². The summed E-state index contributed by atoms with van der Waals surface area (Å²) in [5.41, 5.74) is 0. The van der Waals surface area contributed by atoms with E-state index in [0.29, 0.717) is 6.42 Å². The van der Waals surface area contributed by atoms with Crippen LogP contribution in [0.2, 0.25) is 0 Å². The lowest BCUT2D eigenvalue weighted by molar-refractivity contribution is -0.138. The molecule has 0 spiro atoms. The summed E-state index contributed by atoms with van der Waals surface area (Å²) in [6.45, 7) is 4.34. The summed E-state index contributed by atoms with van der Waals surface area (Å²) in [5, 5.41) is 2.62. The van der Waals surface area contributed by atoms with Crippen molar-refractivity contribution in [1.82, 2.24) is 19.4 Å². The summed E-state index contributed by atoms with van der Waals surface area (Å²) in [4.78, 5) is 39.7. The number of urea groups is 1. The third-order valence-electron chi connectivity index (χ3n) is 5.08. The number of amides is 4. The molecule has 0 bridgehead atoms. The van der Waals surface area contributed by atoms with Crippen molar-refractivity contribution in [2.45, 2.75) is 31.2 Å². The van der Waals surface area contributed by atoms with Gasteiger partial charge in [-0.1, -0.05) is 32.0 Å². The number of rotatable bonds is 6. The van der Waals surface area contributed by atoms with E-state index in [1.807, 2.05) is 13.8 Å². The minimum absolute atomic E-state index is 0.166. The lowest BCUT2D eigenvalue weighted by atomic mass is 10.0. The fraction of sp³-hybridized carbons (Fsp3) is 0.526. The van der Waals surface area contributed by atoms with Crippen LogP contribution in [-0.4, -0.2) is 79.1 Å². The lowest BCUT2D eigenvalue weighted by Gasteiger charge is -2.34. The van der Waals surface area contributed by atoms with Gasteiger partial charge in [-0.25, -0.2) is 13.2 Å². The molecule has 3 rings (SSSR count). The Morgan fingerprint density at radius 2 is 1.72 bits per heavy atom. The molecular weight excluding hydrogens is 396 g/mol. The van der Waals surface area contributed by atoms with Gasteiger partial charge in [0.15, 0.2) is 0 Å². The molecule has 10 heteroatoms. The smallest absolute Gasteiger partial charge is 0.325 e. The Morgan fingerprint density at radius 1 is 1.10 bits per heavy atom. The van der Waals surface area contributed by atoms with Crippen LogP contribution >= 0.6 is 0 Å². The number of carbonyl (C=O) groups is 3. The molecule has 0 aliphatic carbocycles. The van der Waals surface area contributed by atoms with Crippen LogP contribution in [0.3, 0.4) is 0 Å². The molecule has 2 heterocycles. The first-order valence-electron chi connectivity index (χ1n) is 9.65.